The SMILES string of the molecule is COCCN(C(C)C)S(=O)(=O)c1ccc(O)c(C(=O)O)c1. The van der Waals surface area contributed by atoms with Gasteiger partial charge in [0.2, 0.25) is 10.0 Å². The fraction of sp³-hybridized carbons (Fsp3) is 0.462. The van der Waals surface area contributed by atoms with Crippen LogP contribution in [-0.2, 0) is 14.8 Å². The van der Waals surface area contributed by atoms with Gasteiger partial charge in [0.15, 0.2) is 0 Å². The van der Waals surface area contributed by atoms with Crippen molar-refractivity contribution >= 4 is 16.0 Å². The van der Waals surface area contributed by atoms with Crippen molar-refractivity contribution in [2.24, 2.45) is 0 Å². The highest BCUT2D eigenvalue weighted by molar-refractivity contribution is 7.89. The molecule has 0 fully saturated rings. The van der Waals surface area contributed by atoms with E-state index in [2.05, 4.69) is 0 Å². The second kappa shape index (κ2) is 6.88. The maximum absolute atomic E-state index is 12.6. The molecule has 0 saturated heterocycles. The molecule has 0 amide bonds. The summed E-state index contributed by atoms with van der Waals surface area (Å²) in [6, 6.07) is 2.88. The third kappa shape index (κ3) is 3.93. The summed E-state index contributed by atoms with van der Waals surface area (Å²) in [6.07, 6.45) is 0. The number of carboxylic acid groups (broad SMARTS) is 1. The molecule has 0 saturated carbocycles. The van der Waals surface area contributed by atoms with Gasteiger partial charge in [-0.1, -0.05) is 0 Å². The summed E-state index contributed by atoms with van der Waals surface area (Å²) >= 11 is 0. The highest BCUT2D eigenvalue weighted by Gasteiger charge is 2.28. The smallest absolute Gasteiger partial charge is 0.339 e. The first-order chi connectivity index (χ1) is 9.71. The summed E-state index contributed by atoms with van der Waals surface area (Å²) < 4.78 is 31.2. The summed E-state index contributed by atoms with van der Waals surface area (Å²) in [7, 11) is -2.40. The minimum Gasteiger partial charge on any atom is -0.507 e. The Bertz CT molecular complexity index is 611. The van der Waals surface area contributed by atoms with Crippen LogP contribution in [0.5, 0.6) is 5.75 Å². The molecule has 0 aromatic heterocycles. The predicted molar refractivity (Wildman–Crippen MR) is 76.0 cm³/mol. The summed E-state index contributed by atoms with van der Waals surface area (Å²) in [5.74, 6) is -1.87. The molecule has 118 valence electrons. The number of phenols is 1. The molecule has 1 aromatic carbocycles. The van der Waals surface area contributed by atoms with Crippen LogP contribution in [0.1, 0.15) is 24.2 Å². The Hall–Kier alpha value is -1.64. The van der Waals surface area contributed by atoms with Crippen LogP contribution in [0, 0.1) is 0 Å². The minimum absolute atomic E-state index is 0.153. The Morgan fingerprint density at radius 1 is 1.38 bits per heavy atom. The van der Waals surface area contributed by atoms with Gasteiger partial charge in [-0.05, 0) is 32.0 Å². The van der Waals surface area contributed by atoms with Crippen LogP contribution < -0.4 is 0 Å². The van der Waals surface area contributed by atoms with E-state index in [4.69, 9.17) is 9.84 Å². The van der Waals surface area contributed by atoms with Crippen LogP contribution in [0.25, 0.3) is 0 Å². The highest BCUT2D eigenvalue weighted by atomic mass is 32.2. The van der Waals surface area contributed by atoms with E-state index in [1.54, 1.807) is 13.8 Å². The lowest BCUT2D eigenvalue weighted by molar-refractivity contribution is 0.0693. The van der Waals surface area contributed by atoms with E-state index in [0.29, 0.717) is 0 Å². The van der Waals surface area contributed by atoms with Gasteiger partial charge < -0.3 is 14.9 Å². The number of aromatic carboxylic acids is 1. The van der Waals surface area contributed by atoms with Crippen molar-refractivity contribution in [3.05, 3.63) is 23.8 Å². The number of carbonyl (C=O) groups is 1. The van der Waals surface area contributed by atoms with E-state index in [1.807, 2.05) is 0 Å². The number of carboxylic acids is 1. The van der Waals surface area contributed by atoms with Crippen LogP contribution in [0.15, 0.2) is 23.1 Å². The van der Waals surface area contributed by atoms with Gasteiger partial charge >= 0.3 is 5.97 Å². The number of hydrogen-bond donors (Lipinski definition) is 2. The number of nitrogens with zero attached hydrogens (tertiary/aromatic N) is 1. The summed E-state index contributed by atoms with van der Waals surface area (Å²) in [6.45, 7) is 3.80. The van der Waals surface area contributed by atoms with Crippen molar-refractivity contribution in [1.29, 1.82) is 0 Å². The average Bonchev–Trinajstić information content (AvgIpc) is 2.38. The van der Waals surface area contributed by atoms with Gasteiger partial charge in [0.05, 0.1) is 11.5 Å². The van der Waals surface area contributed by atoms with E-state index in [1.165, 1.54) is 17.5 Å². The number of aromatic hydroxyl groups is 1. The number of ether oxygens (including phenoxy) is 1. The molecule has 0 spiro atoms. The maximum Gasteiger partial charge on any atom is 0.339 e. The van der Waals surface area contributed by atoms with E-state index in [0.717, 1.165) is 12.1 Å². The Morgan fingerprint density at radius 2 is 2.00 bits per heavy atom. The Morgan fingerprint density at radius 3 is 2.48 bits per heavy atom. The molecule has 8 heteroatoms. The molecular formula is C13H19NO6S. The van der Waals surface area contributed by atoms with Crippen LogP contribution >= 0.6 is 0 Å². The Labute approximate surface area is 123 Å². The zero-order chi connectivity index (χ0) is 16.2. The van der Waals surface area contributed by atoms with Crippen molar-refractivity contribution in [3.63, 3.8) is 0 Å². The van der Waals surface area contributed by atoms with E-state index >= 15 is 0 Å². The summed E-state index contributed by atoms with van der Waals surface area (Å²) in [5.41, 5.74) is -0.452. The zero-order valence-electron chi connectivity index (χ0n) is 12.1. The van der Waals surface area contributed by atoms with Gasteiger partial charge in [-0.25, -0.2) is 13.2 Å². The van der Waals surface area contributed by atoms with E-state index < -0.39 is 27.3 Å². The van der Waals surface area contributed by atoms with Crippen molar-refractivity contribution in [1.82, 2.24) is 4.31 Å². The molecule has 0 atom stereocenters. The topological polar surface area (TPSA) is 104 Å². The lowest BCUT2D eigenvalue weighted by atomic mass is 10.2. The van der Waals surface area contributed by atoms with Gasteiger partial charge in [0.25, 0.3) is 0 Å². The normalized spacial score (nSPS) is 12.0. The lowest BCUT2D eigenvalue weighted by Crippen LogP contribution is -2.39. The fourth-order valence-corrected chi connectivity index (χ4v) is 3.47. The molecule has 0 aliphatic carbocycles. The quantitative estimate of drug-likeness (QED) is 0.781. The molecule has 2 N–H and O–H groups in total. The first kappa shape index (κ1) is 17.4. The molecule has 0 bridgehead atoms. The Kier molecular flexibility index (Phi) is 5.70. The van der Waals surface area contributed by atoms with E-state index in [-0.39, 0.29) is 24.1 Å². The van der Waals surface area contributed by atoms with Crippen LogP contribution in [0.4, 0.5) is 0 Å². The van der Waals surface area contributed by atoms with Crippen LogP contribution in [0.3, 0.4) is 0 Å². The zero-order valence-corrected chi connectivity index (χ0v) is 12.9. The number of benzene rings is 1. The summed E-state index contributed by atoms with van der Waals surface area (Å²) in [4.78, 5) is 10.8. The molecule has 21 heavy (non-hydrogen) atoms. The molecule has 0 heterocycles. The largest absolute Gasteiger partial charge is 0.507 e. The molecule has 1 aromatic rings. The van der Waals surface area contributed by atoms with Crippen molar-refractivity contribution in [2.75, 3.05) is 20.3 Å². The number of hydrogen-bond acceptors (Lipinski definition) is 5. The van der Waals surface area contributed by atoms with Gasteiger partial charge in [0, 0.05) is 19.7 Å². The summed E-state index contributed by atoms with van der Waals surface area (Å²) in [5, 5.41) is 18.4. The molecule has 0 aliphatic heterocycles. The molecule has 0 aliphatic rings. The first-order valence-corrected chi connectivity index (χ1v) is 7.73. The first-order valence-electron chi connectivity index (χ1n) is 6.29. The molecule has 7 nitrogen and oxygen atoms in total. The molecule has 0 unspecified atom stereocenters. The molecule has 1 rings (SSSR count). The Balaban J connectivity index is 3.28. The maximum atomic E-state index is 12.6. The average molecular weight is 317 g/mol. The third-order valence-corrected chi connectivity index (χ3v) is 4.97. The molecular weight excluding hydrogens is 298 g/mol. The van der Waals surface area contributed by atoms with Gasteiger partial charge in [-0.2, -0.15) is 4.31 Å². The predicted octanol–water partition coefficient (Wildman–Crippen LogP) is 1.14. The highest BCUT2D eigenvalue weighted by Crippen LogP contribution is 2.24. The number of methoxy groups -OCH3 is 1. The van der Waals surface area contributed by atoms with Gasteiger partial charge in [-0.15, -0.1) is 0 Å². The lowest BCUT2D eigenvalue weighted by Gasteiger charge is -2.25. The van der Waals surface area contributed by atoms with E-state index in [9.17, 15) is 18.3 Å². The fourth-order valence-electron chi connectivity index (χ4n) is 1.82. The molecule has 0 radical (unpaired) electrons. The van der Waals surface area contributed by atoms with Crippen molar-refractivity contribution in [2.45, 2.75) is 24.8 Å². The second-order valence-electron chi connectivity index (χ2n) is 4.69. The monoisotopic (exact) mass is 317 g/mol. The van der Waals surface area contributed by atoms with Gasteiger partial charge in [0.1, 0.15) is 11.3 Å². The number of sulfonamides is 1. The second-order valence-corrected chi connectivity index (χ2v) is 6.58. The third-order valence-electron chi connectivity index (χ3n) is 2.90. The van der Waals surface area contributed by atoms with Gasteiger partial charge in [-0.3, -0.25) is 0 Å². The van der Waals surface area contributed by atoms with Crippen molar-refractivity contribution < 1.29 is 28.2 Å². The van der Waals surface area contributed by atoms with Crippen LogP contribution in [0.2, 0.25) is 0 Å². The standard InChI is InChI=1S/C13H19NO6S/c1-9(2)14(6-7-20-3)21(18,19)10-4-5-12(15)11(8-10)13(16)17/h4-5,8-9,15H,6-7H2,1-3H3,(H,16,17). The number of rotatable bonds is 7. The van der Waals surface area contributed by atoms with Crippen LogP contribution in [-0.4, -0.2) is 55.2 Å². The minimum atomic E-state index is -3.87. The van der Waals surface area contributed by atoms with Crippen molar-refractivity contribution in [3.8, 4) is 5.75 Å².